The van der Waals surface area contributed by atoms with Crippen LogP contribution in [-0.2, 0) is 11.2 Å². The minimum absolute atomic E-state index is 0.0671. The van der Waals surface area contributed by atoms with Crippen LogP contribution in [0.25, 0.3) is 10.9 Å². The summed E-state index contributed by atoms with van der Waals surface area (Å²) in [6.07, 6.45) is 5.93. The molecule has 0 radical (unpaired) electrons. The molecule has 3 aliphatic heterocycles. The molecule has 206 valence electrons. The van der Waals surface area contributed by atoms with Crippen molar-refractivity contribution in [2.45, 2.75) is 57.0 Å². The molecule has 4 heterocycles. The molecule has 2 fully saturated rings. The molecule has 6 rings (SSSR count). The number of halogens is 1. The monoisotopic (exact) mass is 534 g/mol. The number of fused-ring (bicyclic) bond motifs is 4. The second-order valence-corrected chi connectivity index (χ2v) is 11.2. The van der Waals surface area contributed by atoms with Gasteiger partial charge in [-0.3, -0.25) is 14.6 Å². The summed E-state index contributed by atoms with van der Waals surface area (Å²) in [5.74, 6) is -0.526. The predicted octanol–water partition coefficient (Wildman–Crippen LogP) is 4.96. The number of phenols is 1. The lowest BCUT2D eigenvalue weighted by molar-refractivity contribution is -0.133. The minimum atomic E-state index is -1.13. The van der Waals surface area contributed by atoms with Crippen molar-refractivity contribution in [1.82, 2.24) is 19.7 Å². The lowest BCUT2D eigenvalue weighted by atomic mass is 9.81. The highest BCUT2D eigenvalue weighted by Crippen LogP contribution is 2.49. The molecule has 0 unspecified atom stereocenters. The van der Waals surface area contributed by atoms with Crippen LogP contribution in [0.15, 0.2) is 36.4 Å². The Balaban J connectivity index is 1.38. The normalized spacial score (nSPS) is 23.7. The van der Waals surface area contributed by atoms with E-state index in [-0.39, 0.29) is 23.4 Å². The van der Waals surface area contributed by atoms with Crippen molar-refractivity contribution in [1.29, 1.82) is 0 Å². The number of urea groups is 1. The predicted molar refractivity (Wildman–Crippen MR) is 145 cm³/mol. The number of aromatic amines is 1. The number of nitrogens with zero attached hydrogens (tertiary/aromatic N) is 3. The van der Waals surface area contributed by atoms with Crippen molar-refractivity contribution < 1.29 is 23.8 Å². The molecule has 8 nitrogen and oxygen atoms in total. The molecule has 0 saturated carbocycles. The van der Waals surface area contributed by atoms with Crippen molar-refractivity contribution in [3.63, 3.8) is 0 Å². The number of aromatic nitrogens is 1. The zero-order valence-corrected chi connectivity index (χ0v) is 22.5. The molecule has 1 aromatic heterocycles. The highest BCUT2D eigenvalue weighted by Gasteiger charge is 2.60. The van der Waals surface area contributed by atoms with E-state index in [4.69, 9.17) is 4.74 Å². The van der Waals surface area contributed by atoms with Gasteiger partial charge in [0.25, 0.3) is 5.91 Å². The van der Waals surface area contributed by atoms with Gasteiger partial charge in [0.1, 0.15) is 17.3 Å². The molecule has 3 amide bonds. The highest BCUT2D eigenvalue weighted by atomic mass is 19.1. The number of ether oxygens (including phenoxy) is 1. The van der Waals surface area contributed by atoms with Crippen LogP contribution in [-0.4, -0.2) is 75.6 Å². The Hall–Kier alpha value is -3.59. The van der Waals surface area contributed by atoms with Crippen LogP contribution < -0.4 is 4.74 Å². The van der Waals surface area contributed by atoms with E-state index in [0.29, 0.717) is 29.7 Å². The van der Waals surface area contributed by atoms with Gasteiger partial charge in [0, 0.05) is 35.6 Å². The molecule has 9 heteroatoms. The van der Waals surface area contributed by atoms with Gasteiger partial charge in [0.2, 0.25) is 0 Å². The number of rotatable bonds is 6. The summed E-state index contributed by atoms with van der Waals surface area (Å²) in [6.45, 7) is 5.17. The largest absolute Gasteiger partial charge is 0.508 e. The summed E-state index contributed by atoms with van der Waals surface area (Å²) < 4.78 is 19.9. The number of methoxy groups -OCH3 is 1. The van der Waals surface area contributed by atoms with E-state index >= 15 is 0 Å². The molecule has 39 heavy (non-hydrogen) atoms. The number of phenolic OH excluding ortho intramolecular Hbond substituents is 1. The quantitative estimate of drug-likeness (QED) is 0.437. The molecular formula is C30H35FN4O4. The molecule has 2 N–H and O–H groups in total. The molecule has 0 aliphatic carbocycles. The second kappa shape index (κ2) is 9.86. The number of carbonyl (C=O) groups is 2. The van der Waals surface area contributed by atoms with Gasteiger partial charge in [-0.25, -0.2) is 9.18 Å². The van der Waals surface area contributed by atoms with Crippen LogP contribution in [0.2, 0.25) is 0 Å². The number of imide groups is 1. The summed E-state index contributed by atoms with van der Waals surface area (Å²) in [5.41, 5.74) is 1.69. The van der Waals surface area contributed by atoms with Crippen molar-refractivity contribution in [3.05, 3.63) is 59.0 Å². The van der Waals surface area contributed by atoms with Crippen molar-refractivity contribution >= 4 is 22.8 Å². The number of H-pyrrole nitrogens is 1. The van der Waals surface area contributed by atoms with Crippen molar-refractivity contribution in [3.8, 4) is 11.5 Å². The van der Waals surface area contributed by atoms with Crippen LogP contribution in [0.1, 0.15) is 61.9 Å². The summed E-state index contributed by atoms with van der Waals surface area (Å²) in [5, 5.41) is 11.1. The van der Waals surface area contributed by atoms with Crippen LogP contribution >= 0.6 is 0 Å². The van der Waals surface area contributed by atoms with Crippen LogP contribution in [0, 0.1) is 5.82 Å². The molecule has 3 aromatic rings. The van der Waals surface area contributed by atoms with Gasteiger partial charge in [-0.2, -0.15) is 0 Å². The Morgan fingerprint density at radius 3 is 2.59 bits per heavy atom. The maximum atomic E-state index is 14.6. The fourth-order valence-corrected chi connectivity index (χ4v) is 6.72. The van der Waals surface area contributed by atoms with Gasteiger partial charge in [0.05, 0.1) is 7.11 Å². The van der Waals surface area contributed by atoms with Gasteiger partial charge >= 0.3 is 6.03 Å². The average molecular weight is 535 g/mol. The maximum Gasteiger partial charge on any atom is 0.328 e. The van der Waals surface area contributed by atoms with E-state index in [1.54, 1.807) is 29.2 Å². The summed E-state index contributed by atoms with van der Waals surface area (Å²) >= 11 is 0. The van der Waals surface area contributed by atoms with Gasteiger partial charge in [-0.15, -0.1) is 0 Å². The van der Waals surface area contributed by atoms with Crippen LogP contribution in [0.4, 0.5) is 9.18 Å². The Morgan fingerprint density at radius 2 is 1.87 bits per heavy atom. The average Bonchev–Trinajstić information content (AvgIpc) is 3.17. The lowest BCUT2D eigenvalue weighted by Gasteiger charge is -2.42. The first-order valence-corrected chi connectivity index (χ1v) is 13.9. The summed E-state index contributed by atoms with van der Waals surface area (Å²) in [7, 11) is 1.42. The number of amides is 3. The number of likely N-dealkylation sites (tertiary alicyclic amines) is 1. The third-order valence-electron chi connectivity index (χ3n) is 8.68. The molecule has 0 bridgehead atoms. The van der Waals surface area contributed by atoms with E-state index in [9.17, 15) is 19.1 Å². The highest BCUT2D eigenvalue weighted by molar-refractivity contribution is 6.08. The number of carbonyl (C=O) groups excluding carboxylic acids is 2. The van der Waals surface area contributed by atoms with Gasteiger partial charge in [-0.05, 0) is 75.1 Å². The number of hydrogen-bond donors (Lipinski definition) is 2. The number of benzene rings is 2. The van der Waals surface area contributed by atoms with Gasteiger partial charge in [0.15, 0.2) is 11.6 Å². The third kappa shape index (κ3) is 4.23. The zero-order valence-electron chi connectivity index (χ0n) is 22.5. The molecule has 2 atom stereocenters. The SMILES string of the molecule is COc1cc2c3c([nH]c2cc1F)[C@@H](c1cccc(O)c1)N1C(=O)N(CCCN2CCCCCC2)C(=O)[C@]1(C)C3. The van der Waals surface area contributed by atoms with Gasteiger partial charge < -0.3 is 19.7 Å². The topological polar surface area (TPSA) is 89.1 Å². The first-order valence-electron chi connectivity index (χ1n) is 13.9. The van der Waals surface area contributed by atoms with Crippen molar-refractivity contribution in [2.75, 3.05) is 33.3 Å². The number of hydrogen-bond acceptors (Lipinski definition) is 5. The zero-order chi connectivity index (χ0) is 27.3. The number of nitrogens with one attached hydrogen (secondary N) is 1. The Labute approximate surface area is 227 Å². The summed E-state index contributed by atoms with van der Waals surface area (Å²) in [4.78, 5) is 36.8. The Bertz CT molecular complexity index is 1430. The van der Waals surface area contributed by atoms with E-state index in [1.165, 1.54) is 43.8 Å². The lowest BCUT2D eigenvalue weighted by Crippen LogP contribution is -2.53. The molecule has 2 saturated heterocycles. The van der Waals surface area contributed by atoms with Crippen LogP contribution in [0.5, 0.6) is 11.5 Å². The second-order valence-electron chi connectivity index (χ2n) is 11.2. The third-order valence-corrected chi connectivity index (χ3v) is 8.68. The molecule has 2 aromatic carbocycles. The molecule has 0 spiro atoms. The standard InChI is InChI=1S/C30H35FN4O4/c1-30-18-22-21-16-25(39-2)23(31)17-24(21)32-26(22)27(19-9-7-10-20(36)15-19)35(30)29(38)34(28(30)37)14-8-13-33-11-5-3-4-6-12-33/h7,9-10,15-17,27,32,36H,3-6,8,11-14,18H2,1-2H3/t27-,30+/m1/s1. The first kappa shape index (κ1) is 25.7. The Morgan fingerprint density at radius 1 is 1.10 bits per heavy atom. The Kier molecular flexibility index (Phi) is 6.49. The summed E-state index contributed by atoms with van der Waals surface area (Å²) in [6, 6.07) is 8.81. The van der Waals surface area contributed by atoms with Crippen LogP contribution in [0.3, 0.4) is 0 Å². The smallest absolute Gasteiger partial charge is 0.328 e. The maximum absolute atomic E-state index is 14.6. The fraction of sp³-hybridized carbons (Fsp3) is 0.467. The van der Waals surface area contributed by atoms with E-state index in [0.717, 1.165) is 37.0 Å². The first-order chi connectivity index (χ1) is 18.8. The van der Waals surface area contributed by atoms with E-state index in [1.807, 2.05) is 13.0 Å². The minimum Gasteiger partial charge on any atom is -0.508 e. The number of aromatic hydroxyl groups is 1. The van der Waals surface area contributed by atoms with Gasteiger partial charge in [-0.1, -0.05) is 25.0 Å². The molecular weight excluding hydrogens is 499 g/mol. The van der Waals surface area contributed by atoms with Crippen molar-refractivity contribution in [2.24, 2.45) is 0 Å². The fourth-order valence-electron chi connectivity index (χ4n) is 6.72. The molecule has 3 aliphatic rings. The van der Waals surface area contributed by atoms with E-state index in [2.05, 4.69) is 9.88 Å². The van der Waals surface area contributed by atoms with E-state index < -0.39 is 17.4 Å².